The minimum absolute atomic E-state index is 0.0946. The fourth-order valence-electron chi connectivity index (χ4n) is 2.94. The number of hydrogen-bond acceptors (Lipinski definition) is 2. The smallest absolute Gasteiger partial charge is 0.224 e. The first kappa shape index (κ1) is 15.9. The molecule has 2 atom stereocenters. The molecule has 5 heteroatoms. The Bertz CT molecular complexity index is 493. The van der Waals surface area contributed by atoms with Crippen LogP contribution in [-0.2, 0) is 11.2 Å². The summed E-state index contributed by atoms with van der Waals surface area (Å²) in [6, 6.07) is 3.22. The Kier molecular flexibility index (Phi) is 5.67. The zero-order valence-corrected chi connectivity index (χ0v) is 11.9. The predicted molar refractivity (Wildman–Crippen MR) is 75.6 cm³/mol. The van der Waals surface area contributed by atoms with Crippen LogP contribution in [0.15, 0.2) is 18.2 Å². The summed E-state index contributed by atoms with van der Waals surface area (Å²) in [6.45, 7) is 0.653. The molecular weight excluding hydrogens is 276 g/mol. The number of aliphatic hydroxyl groups is 1. The van der Waals surface area contributed by atoms with Gasteiger partial charge in [0.15, 0.2) is 0 Å². The third-order valence-electron chi connectivity index (χ3n) is 4.23. The van der Waals surface area contributed by atoms with E-state index in [2.05, 4.69) is 5.32 Å². The zero-order valence-electron chi connectivity index (χ0n) is 11.9. The fourth-order valence-corrected chi connectivity index (χ4v) is 2.94. The second-order valence-corrected chi connectivity index (χ2v) is 5.70. The Morgan fingerprint density at radius 1 is 1.24 bits per heavy atom. The molecule has 2 N–H and O–H groups in total. The van der Waals surface area contributed by atoms with Gasteiger partial charge in [0.05, 0.1) is 6.42 Å². The number of carbonyl (C=O) groups is 1. The molecule has 0 radical (unpaired) electrons. The predicted octanol–water partition coefficient (Wildman–Crippen LogP) is 2.42. The van der Waals surface area contributed by atoms with Crippen LogP contribution < -0.4 is 5.32 Å². The monoisotopic (exact) mass is 297 g/mol. The van der Waals surface area contributed by atoms with Crippen LogP contribution in [0.2, 0.25) is 0 Å². The molecule has 1 aliphatic carbocycles. The molecule has 0 bridgehead atoms. The standard InChI is InChI=1S/C16H21F2NO2/c17-14-6-5-11(15(18)8-14)7-16(21)19-9-12-3-1-2-4-13(12)10-20/h5-6,8,12-13,20H,1-4,7,9-10H2,(H,19,21). The van der Waals surface area contributed by atoms with Crippen LogP contribution in [0.25, 0.3) is 0 Å². The molecule has 21 heavy (non-hydrogen) atoms. The van der Waals surface area contributed by atoms with Gasteiger partial charge in [-0.15, -0.1) is 0 Å². The lowest BCUT2D eigenvalue weighted by atomic mass is 9.79. The van der Waals surface area contributed by atoms with Crippen molar-refractivity contribution in [3.63, 3.8) is 0 Å². The first-order valence-electron chi connectivity index (χ1n) is 7.41. The molecule has 1 saturated carbocycles. The van der Waals surface area contributed by atoms with Gasteiger partial charge in [-0.25, -0.2) is 8.78 Å². The molecule has 116 valence electrons. The normalized spacial score (nSPS) is 22.0. The largest absolute Gasteiger partial charge is 0.396 e. The van der Waals surface area contributed by atoms with Crippen molar-refractivity contribution in [2.75, 3.05) is 13.2 Å². The van der Waals surface area contributed by atoms with E-state index >= 15 is 0 Å². The van der Waals surface area contributed by atoms with Crippen molar-refractivity contribution in [1.29, 1.82) is 0 Å². The molecule has 0 heterocycles. The van der Waals surface area contributed by atoms with Gasteiger partial charge in [-0.05, 0) is 36.3 Å². The number of hydrogen-bond donors (Lipinski definition) is 2. The molecule has 2 unspecified atom stereocenters. The van der Waals surface area contributed by atoms with Crippen molar-refractivity contribution in [3.05, 3.63) is 35.4 Å². The summed E-state index contributed by atoms with van der Waals surface area (Å²) >= 11 is 0. The van der Waals surface area contributed by atoms with Crippen LogP contribution in [0.5, 0.6) is 0 Å². The van der Waals surface area contributed by atoms with Crippen molar-refractivity contribution in [2.24, 2.45) is 11.8 Å². The second kappa shape index (κ2) is 7.50. The number of carbonyl (C=O) groups excluding carboxylic acids is 1. The molecule has 1 fully saturated rings. The van der Waals surface area contributed by atoms with Gasteiger partial charge in [-0.2, -0.15) is 0 Å². The van der Waals surface area contributed by atoms with Gasteiger partial charge in [0.25, 0.3) is 0 Å². The fraction of sp³-hybridized carbons (Fsp3) is 0.562. The number of amides is 1. The highest BCUT2D eigenvalue weighted by atomic mass is 19.1. The van der Waals surface area contributed by atoms with E-state index in [4.69, 9.17) is 0 Å². The molecule has 0 saturated heterocycles. The van der Waals surface area contributed by atoms with E-state index in [0.717, 1.165) is 37.8 Å². The quantitative estimate of drug-likeness (QED) is 0.877. The Morgan fingerprint density at radius 3 is 2.62 bits per heavy atom. The summed E-state index contributed by atoms with van der Waals surface area (Å²) in [7, 11) is 0. The summed E-state index contributed by atoms with van der Waals surface area (Å²) < 4.78 is 26.3. The lowest BCUT2D eigenvalue weighted by molar-refractivity contribution is -0.120. The van der Waals surface area contributed by atoms with E-state index in [9.17, 15) is 18.7 Å². The van der Waals surface area contributed by atoms with E-state index in [1.165, 1.54) is 6.07 Å². The van der Waals surface area contributed by atoms with Crippen molar-refractivity contribution in [1.82, 2.24) is 5.32 Å². The lowest BCUT2D eigenvalue weighted by Crippen LogP contribution is -2.36. The first-order chi connectivity index (χ1) is 10.1. The molecule has 0 spiro atoms. The van der Waals surface area contributed by atoms with Crippen LogP contribution in [0, 0.1) is 23.5 Å². The summed E-state index contributed by atoms with van der Waals surface area (Å²) in [4.78, 5) is 11.9. The van der Waals surface area contributed by atoms with Crippen molar-refractivity contribution < 1.29 is 18.7 Å². The zero-order chi connectivity index (χ0) is 15.2. The van der Waals surface area contributed by atoms with Gasteiger partial charge in [-0.3, -0.25) is 4.79 Å². The molecule has 3 nitrogen and oxygen atoms in total. The topological polar surface area (TPSA) is 49.3 Å². The van der Waals surface area contributed by atoms with Crippen LogP contribution in [0.3, 0.4) is 0 Å². The third kappa shape index (κ3) is 4.49. The van der Waals surface area contributed by atoms with Crippen molar-refractivity contribution in [2.45, 2.75) is 32.1 Å². The average molecular weight is 297 g/mol. The van der Waals surface area contributed by atoms with E-state index < -0.39 is 11.6 Å². The SMILES string of the molecule is O=C(Cc1ccc(F)cc1F)NCC1CCCCC1CO. The van der Waals surface area contributed by atoms with E-state index in [1.54, 1.807) is 0 Å². The average Bonchev–Trinajstić information content (AvgIpc) is 2.48. The minimum atomic E-state index is -0.698. The van der Waals surface area contributed by atoms with Crippen LogP contribution in [-0.4, -0.2) is 24.2 Å². The van der Waals surface area contributed by atoms with Crippen molar-refractivity contribution >= 4 is 5.91 Å². The van der Waals surface area contributed by atoms with Gasteiger partial charge >= 0.3 is 0 Å². The number of halogens is 2. The Labute approximate surface area is 123 Å². The lowest BCUT2D eigenvalue weighted by Gasteiger charge is -2.30. The Morgan fingerprint density at radius 2 is 1.95 bits per heavy atom. The van der Waals surface area contributed by atoms with Crippen LogP contribution in [0.4, 0.5) is 8.78 Å². The number of benzene rings is 1. The maximum absolute atomic E-state index is 13.5. The summed E-state index contributed by atoms with van der Waals surface area (Å²) in [5.74, 6) is -1.10. The minimum Gasteiger partial charge on any atom is -0.396 e. The molecule has 1 aromatic rings. The number of aliphatic hydroxyl groups excluding tert-OH is 1. The molecule has 1 amide bonds. The summed E-state index contributed by atoms with van der Waals surface area (Å²) in [5.41, 5.74) is 0.191. The van der Waals surface area contributed by atoms with Gasteiger partial charge in [0.2, 0.25) is 5.91 Å². The maximum Gasteiger partial charge on any atom is 0.224 e. The highest BCUT2D eigenvalue weighted by Gasteiger charge is 2.24. The van der Waals surface area contributed by atoms with E-state index in [1.807, 2.05) is 0 Å². The third-order valence-corrected chi connectivity index (χ3v) is 4.23. The van der Waals surface area contributed by atoms with E-state index in [0.29, 0.717) is 6.54 Å². The van der Waals surface area contributed by atoms with Gasteiger partial charge < -0.3 is 10.4 Å². The molecular formula is C16H21F2NO2. The number of rotatable bonds is 5. The van der Waals surface area contributed by atoms with E-state index in [-0.39, 0.29) is 36.3 Å². The molecule has 0 aliphatic heterocycles. The molecule has 0 aromatic heterocycles. The highest BCUT2D eigenvalue weighted by molar-refractivity contribution is 5.78. The summed E-state index contributed by atoms with van der Waals surface area (Å²) in [5, 5.41) is 12.1. The maximum atomic E-state index is 13.5. The van der Waals surface area contributed by atoms with Crippen LogP contribution >= 0.6 is 0 Å². The second-order valence-electron chi connectivity index (χ2n) is 5.70. The van der Waals surface area contributed by atoms with Crippen molar-refractivity contribution in [3.8, 4) is 0 Å². The number of nitrogens with one attached hydrogen (secondary N) is 1. The molecule has 2 rings (SSSR count). The van der Waals surface area contributed by atoms with Gasteiger partial charge in [0.1, 0.15) is 11.6 Å². The highest BCUT2D eigenvalue weighted by Crippen LogP contribution is 2.29. The van der Waals surface area contributed by atoms with Crippen LogP contribution in [0.1, 0.15) is 31.2 Å². The van der Waals surface area contributed by atoms with Gasteiger partial charge in [-0.1, -0.05) is 18.9 Å². The summed E-state index contributed by atoms with van der Waals surface area (Å²) in [6.07, 6.45) is 4.13. The van der Waals surface area contributed by atoms with Gasteiger partial charge in [0, 0.05) is 19.2 Å². The molecule has 1 aromatic carbocycles. The molecule has 1 aliphatic rings. The first-order valence-corrected chi connectivity index (χ1v) is 7.41. The Hall–Kier alpha value is -1.49. The Balaban J connectivity index is 1.84.